The van der Waals surface area contributed by atoms with Crippen LogP contribution < -0.4 is 0 Å². The number of rotatable bonds is 4. The van der Waals surface area contributed by atoms with Crippen molar-refractivity contribution in [2.24, 2.45) is 10.3 Å². The van der Waals surface area contributed by atoms with Gasteiger partial charge in [0.15, 0.2) is 5.82 Å². The monoisotopic (exact) mass is 282 g/mol. The van der Waals surface area contributed by atoms with Gasteiger partial charge in [-0.05, 0) is 44.8 Å². The Morgan fingerprint density at radius 1 is 1.45 bits per heavy atom. The summed E-state index contributed by atoms with van der Waals surface area (Å²) in [5.74, 6) is 0.531. The van der Waals surface area contributed by atoms with E-state index >= 15 is 0 Å². The van der Waals surface area contributed by atoms with Crippen molar-refractivity contribution >= 4 is 6.16 Å². The normalized spacial score (nSPS) is 21.2. The predicted octanol–water partition coefficient (Wildman–Crippen LogP) is 3.21. The van der Waals surface area contributed by atoms with E-state index in [1.165, 1.54) is 11.5 Å². The molecule has 2 aliphatic rings. The van der Waals surface area contributed by atoms with E-state index in [9.17, 15) is 4.79 Å². The predicted molar refractivity (Wildman–Crippen MR) is 72.1 cm³/mol. The fourth-order valence-corrected chi connectivity index (χ4v) is 2.45. The maximum Gasteiger partial charge on any atom is 0.510 e. The fraction of sp³-hybridized carbons (Fsp3) is 0.769. The van der Waals surface area contributed by atoms with Crippen LogP contribution in [-0.4, -0.2) is 35.2 Å². The molecule has 0 radical (unpaired) electrons. The third-order valence-corrected chi connectivity index (χ3v) is 3.50. The molecule has 0 aromatic carbocycles. The molecule has 1 aliphatic heterocycles. The van der Waals surface area contributed by atoms with Gasteiger partial charge in [-0.2, -0.15) is 0 Å². The summed E-state index contributed by atoms with van der Waals surface area (Å²) in [5, 5.41) is 11.0. The Morgan fingerprint density at radius 3 is 2.80 bits per heavy atom. The van der Waals surface area contributed by atoms with Crippen LogP contribution in [0.5, 0.6) is 0 Å². The Labute approximate surface area is 119 Å². The zero-order chi connectivity index (χ0) is 14.5. The smallest absolute Gasteiger partial charge is 0.431 e. The van der Waals surface area contributed by atoms with Crippen LogP contribution in [0.15, 0.2) is 22.7 Å². The van der Waals surface area contributed by atoms with E-state index in [1.54, 1.807) is 11.9 Å². The lowest BCUT2D eigenvalue weighted by Gasteiger charge is -2.30. The van der Waals surface area contributed by atoms with E-state index in [-0.39, 0.29) is 6.10 Å². The fourth-order valence-electron chi connectivity index (χ4n) is 2.45. The molecule has 0 aromatic heterocycles. The second-order valence-corrected chi connectivity index (χ2v) is 4.99. The Hall–Kier alpha value is -1.79. The molecule has 20 heavy (non-hydrogen) atoms. The number of hydrogen-bond acceptors (Lipinski definition) is 7. The number of hydrogen-bond donors (Lipinski definition) is 0. The van der Waals surface area contributed by atoms with E-state index in [0.29, 0.717) is 12.4 Å². The van der Waals surface area contributed by atoms with Crippen molar-refractivity contribution in [2.45, 2.75) is 58.3 Å². The average Bonchev–Trinajstić information content (AvgIpc) is 2.80. The van der Waals surface area contributed by atoms with E-state index in [2.05, 4.69) is 16.9 Å². The Morgan fingerprint density at radius 2 is 2.15 bits per heavy atom. The lowest BCUT2D eigenvalue weighted by molar-refractivity contribution is -0.121. The molecule has 0 N–H and O–H groups in total. The maximum atomic E-state index is 11.8. The van der Waals surface area contributed by atoms with Gasteiger partial charge in [-0.25, -0.2) is 9.80 Å². The highest BCUT2D eigenvalue weighted by atomic mass is 16.7. The summed E-state index contributed by atoms with van der Waals surface area (Å²) in [6, 6.07) is 0. The highest BCUT2D eigenvalue weighted by Gasteiger charge is 2.29. The van der Waals surface area contributed by atoms with Gasteiger partial charge in [0.05, 0.1) is 0 Å². The largest absolute Gasteiger partial charge is 0.510 e. The van der Waals surface area contributed by atoms with Gasteiger partial charge >= 0.3 is 6.16 Å². The first kappa shape index (κ1) is 14.6. The first-order valence-corrected chi connectivity index (χ1v) is 7.16. The third kappa shape index (κ3) is 3.40. The molecule has 1 saturated carbocycles. The van der Waals surface area contributed by atoms with Gasteiger partial charge in [0.2, 0.25) is 6.23 Å². The number of hydrazine groups is 1. The third-order valence-electron chi connectivity index (χ3n) is 3.50. The highest BCUT2D eigenvalue weighted by Crippen LogP contribution is 2.23. The zero-order valence-corrected chi connectivity index (χ0v) is 12.1. The van der Waals surface area contributed by atoms with Crippen molar-refractivity contribution in [3.05, 3.63) is 12.4 Å². The van der Waals surface area contributed by atoms with Gasteiger partial charge in [-0.1, -0.05) is 13.0 Å². The molecule has 1 aliphatic carbocycles. The molecule has 1 atom stereocenters. The molecule has 0 aromatic rings. The van der Waals surface area contributed by atoms with Crippen LogP contribution in [0.3, 0.4) is 0 Å². The second-order valence-electron chi connectivity index (χ2n) is 4.99. The molecule has 1 unspecified atom stereocenters. The van der Waals surface area contributed by atoms with Crippen molar-refractivity contribution < 1.29 is 14.3 Å². The number of carbonyl (C=O) groups excluding carboxylic acids is 1. The number of carbonyl (C=O) groups is 1. The lowest BCUT2D eigenvalue weighted by Crippen LogP contribution is -2.42. The van der Waals surface area contributed by atoms with Crippen molar-refractivity contribution in [1.29, 1.82) is 0 Å². The summed E-state index contributed by atoms with van der Waals surface area (Å²) >= 11 is 0. The van der Waals surface area contributed by atoms with Gasteiger partial charge in [0.1, 0.15) is 6.10 Å². The van der Waals surface area contributed by atoms with Crippen molar-refractivity contribution in [3.63, 3.8) is 0 Å². The second kappa shape index (κ2) is 6.58. The van der Waals surface area contributed by atoms with Gasteiger partial charge in [0, 0.05) is 6.54 Å². The lowest BCUT2D eigenvalue weighted by atomic mass is 9.98. The quantitative estimate of drug-likeness (QED) is 0.741. The summed E-state index contributed by atoms with van der Waals surface area (Å²) in [4.78, 5) is 11.8. The first-order valence-electron chi connectivity index (χ1n) is 7.16. The standard InChI is InChI=1S/C13H22N4O3/c1-4-16-10(2)14-15-17(16)11(3)19-13(18)20-12-8-6-5-7-9-12/h11-12H,2,4-9H2,1,3H3. The van der Waals surface area contributed by atoms with Crippen LogP contribution in [0, 0.1) is 0 Å². The molecular formula is C13H22N4O3. The molecule has 1 fully saturated rings. The molecule has 0 amide bonds. The molecule has 0 spiro atoms. The van der Waals surface area contributed by atoms with Gasteiger partial charge in [0.25, 0.3) is 0 Å². The summed E-state index contributed by atoms with van der Waals surface area (Å²) in [6.07, 6.45) is 4.04. The topological polar surface area (TPSA) is 66.7 Å². The highest BCUT2D eigenvalue weighted by molar-refractivity contribution is 5.60. The Bertz CT molecular complexity index is 393. The van der Waals surface area contributed by atoms with Crippen LogP contribution in [0.2, 0.25) is 0 Å². The van der Waals surface area contributed by atoms with Crippen molar-refractivity contribution in [1.82, 2.24) is 10.1 Å². The minimum absolute atomic E-state index is 0.0131. The van der Waals surface area contributed by atoms with Crippen LogP contribution in [0.4, 0.5) is 4.79 Å². The van der Waals surface area contributed by atoms with Crippen LogP contribution >= 0.6 is 0 Å². The van der Waals surface area contributed by atoms with Crippen LogP contribution in [-0.2, 0) is 9.47 Å². The average molecular weight is 282 g/mol. The Balaban J connectivity index is 1.81. The molecule has 7 heteroatoms. The summed E-state index contributed by atoms with van der Waals surface area (Å²) < 4.78 is 10.6. The molecule has 0 bridgehead atoms. The number of ether oxygens (including phenoxy) is 2. The Kier molecular flexibility index (Phi) is 4.81. The molecule has 112 valence electrons. The minimum atomic E-state index is -0.645. The van der Waals surface area contributed by atoms with E-state index < -0.39 is 12.4 Å². The first-order chi connectivity index (χ1) is 9.61. The van der Waals surface area contributed by atoms with Crippen LogP contribution in [0.25, 0.3) is 0 Å². The zero-order valence-electron chi connectivity index (χ0n) is 12.1. The summed E-state index contributed by atoms with van der Waals surface area (Å²) in [5.41, 5.74) is 0. The maximum absolute atomic E-state index is 11.8. The number of nitrogens with zero attached hydrogens (tertiary/aromatic N) is 4. The minimum Gasteiger partial charge on any atom is -0.431 e. The van der Waals surface area contributed by atoms with E-state index in [4.69, 9.17) is 9.47 Å². The van der Waals surface area contributed by atoms with E-state index in [1.807, 2.05) is 6.92 Å². The van der Waals surface area contributed by atoms with Crippen molar-refractivity contribution in [3.8, 4) is 0 Å². The molecule has 0 saturated heterocycles. The van der Waals surface area contributed by atoms with Crippen LogP contribution in [0.1, 0.15) is 46.0 Å². The summed E-state index contributed by atoms with van der Waals surface area (Å²) in [7, 11) is 0. The molecule has 7 nitrogen and oxygen atoms in total. The molecule has 1 heterocycles. The summed E-state index contributed by atoms with van der Waals surface area (Å²) in [6.45, 7) is 8.08. The van der Waals surface area contributed by atoms with Crippen molar-refractivity contribution in [2.75, 3.05) is 6.54 Å². The van der Waals surface area contributed by atoms with Gasteiger partial charge in [-0.15, -0.1) is 10.2 Å². The van der Waals surface area contributed by atoms with Gasteiger partial charge in [-0.3, -0.25) is 0 Å². The molecule has 2 rings (SSSR count). The molecular weight excluding hydrogens is 260 g/mol. The van der Waals surface area contributed by atoms with Gasteiger partial charge < -0.3 is 9.47 Å². The SMILES string of the molecule is C=C1N=NN(C(C)OC(=O)OC2CCCCC2)N1CC. The van der Waals surface area contributed by atoms with E-state index in [0.717, 1.165) is 25.7 Å².